The van der Waals surface area contributed by atoms with Crippen molar-refractivity contribution in [3.8, 4) is 0 Å². The van der Waals surface area contributed by atoms with Crippen molar-refractivity contribution < 1.29 is 9.59 Å². The number of benzene rings is 2. The molecule has 5 rings (SSSR count). The lowest BCUT2D eigenvalue weighted by atomic mass is 10.00. The second-order valence-electron chi connectivity index (χ2n) is 7.76. The Morgan fingerprint density at radius 2 is 1.71 bits per heavy atom. The van der Waals surface area contributed by atoms with E-state index in [0.29, 0.717) is 9.92 Å². The second kappa shape index (κ2) is 9.99. The molecule has 1 saturated heterocycles. The average molecular weight is 523 g/mol. The maximum atomic E-state index is 13.4. The molecule has 2 amide bonds. The Bertz CT molecular complexity index is 1400. The molecule has 7 nitrogen and oxygen atoms in total. The molecule has 2 atom stereocenters. The van der Waals surface area contributed by atoms with Gasteiger partial charge in [-0.2, -0.15) is 11.3 Å². The van der Waals surface area contributed by atoms with E-state index >= 15 is 0 Å². The van der Waals surface area contributed by atoms with Gasteiger partial charge in [0.25, 0.3) is 11.8 Å². The molecule has 2 aromatic carbocycles. The zero-order valence-electron chi connectivity index (χ0n) is 18.1. The number of hydrogen-bond donors (Lipinski definition) is 3. The maximum absolute atomic E-state index is 13.4. The summed E-state index contributed by atoms with van der Waals surface area (Å²) < 4.78 is 0. The van der Waals surface area contributed by atoms with Gasteiger partial charge in [0.1, 0.15) is 6.04 Å². The Morgan fingerprint density at radius 1 is 0.943 bits per heavy atom. The molecule has 10 heteroatoms. The second-order valence-corrected chi connectivity index (χ2v) is 10.1. The molecule has 0 spiro atoms. The van der Waals surface area contributed by atoms with E-state index in [0.717, 1.165) is 34.3 Å². The van der Waals surface area contributed by atoms with Gasteiger partial charge in [-0.15, -0.1) is 11.8 Å². The lowest BCUT2D eigenvalue weighted by Gasteiger charge is -2.27. The standard InChI is InChI=1S/C25H19ClN4O3S2/c26-19-3-1-2-4-20(19)35-23-24(32)29-30(25(23)33)22(16-11-12-34-14-16)15-5-7-17(8-6-15)28-18-9-10-21(31)27-13-18/h1-14,22-23,28H,(H,27,31)(H,29,32). The first-order valence-corrected chi connectivity index (χ1v) is 12.8. The van der Waals surface area contributed by atoms with Gasteiger partial charge in [-0.1, -0.05) is 35.9 Å². The Hall–Kier alpha value is -3.53. The molecular weight excluding hydrogens is 504 g/mol. The molecule has 1 fully saturated rings. The minimum atomic E-state index is -0.933. The Kier molecular flexibility index (Phi) is 6.63. The van der Waals surface area contributed by atoms with E-state index in [2.05, 4.69) is 15.7 Å². The summed E-state index contributed by atoms with van der Waals surface area (Å²) in [7, 11) is 0. The number of carbonyl (C=O) groups excluding carboxylic acids is 2. The van der Waals surface area contributed by atoms with Gasteiger partial charge in [0.05, 0.1) is 10.7 Å². The van der Waals surface area contributed by atoms with Crippen LogP contribution < -0.4 is 16.3 Å². The lowest BCUT2D eigenvalue weighted by molar-refractivity contribution is -0.131. The molecule has 0 saturated carbocycles. The average Bonchev–Trinajstić information content (AvgIpc) is 3.48. The summed E-state index contributed by atoms with van der Waals surface area (Å²) in [6.45, 7) is 0. The van der Waals surface area contributed by atoms with E-state index in [1.54, 1.807) is 30.5 Å². The number of aromatic amines is 1. The van der Waals surface area contributed by atoms with Crippen LogP contribution >= 0.6 is 34.7 Å². The van der Waals surface area contributed by atoms with Crippen LogP contribution in [0.3, 0.4) is 0 Å². The van der Waals surface area contributed by atoms with Crippen LogP contribution in [0.15, 0.2) is 93.4 Å². The van der Waals surface area contributed by atoms with Crippen molar-refractivity contribution in [1.29, 1.82) is 0 Å². The normalized spacial score (nSPS) is 16.3. The van der Waals surface area contributed by atoms with E-state index in [-0.39, 0.29) is 17.4 Å². The minimum Gasteiger partial charge on any atom is -0.354 e. The number of pyridine rings is 1. The zero-order chi connectivity index (χ0) is 24.4. The largest absolute Gasteiger partial charge is 0.354 e. The molecule has 3 N–H and O–H groups in total. The highest BCUT2D eigenvalue weighted by Crippen LogP contribution is 2.37. The van der Waals surface area contributed by atoms with Crippen molar-refractivity contribution in [2.45, 2.75) is 16.2 Å². The molecule has 0 aliphatic carbocycles. The first-order valence-electron chi connectivity index (χ1n) is 10.6. The molecule has 4 aromatic rings. The molecule has 2 aromatic heterocycles. The summed E-state index contributed by atoms with van der Waals surface area (Å²) in [5, 5.41) is 8.09. The third kappa shape index (κ3) is 4.97. The van der Waals surface area contributed by atoms with E-state index in [4.69, 9.17) is 11.6 Å². The van der Waals surface area contributed by atoms with Crippen LogP contribution in [0.1, 0.15) is 17.2 Å². The van der Waals surface area contributed by atoms with Gasteiger partial charge in [-0.3, -0.25) is 19.8 Å². The number of carbonyl (C=O) groups is 2. The van der Waals surface area contributed by atoms with Gasteiger partial charge < -0.3 is 10.3 Å². The summed E-state index contributed by atoms with van der Waals surface area (Å²) >= 11 is 8.92. The summed E-state index contributed by atoms with van der Waals surface area (Å²) in [6, 6.07) is 19.3. The van der Waals surface area contributed by atoms with Crippen molar-refractivity contribution in [2.24, 2.45) is 0 Å². The van der Waals surface area contributed by atoms with Crippen LogP contribution in [0, 0.1) is 0 Å². The first-order chi connectivity index (χ1) is 17.0. The molecule has 0 radical (unpaired) electrons. The number of rotatable bonds is 7. The van der Waals surface area contributed by atoms with Crippen molar-refractivity contribution in [1.82, 2.24) is 15.4 Å². The topological polar surface area (TPSA) is 94.3 Å². The zero-order valence-corrected chi connectivity index (χ0v) is 20.5. The number of halogens is 1. The van der Waals surface area contributed by atoms with Crippen molar-refractivity contribution in [3.63, 3.8) is 0 Å². The number of H-pyrrole nitrogens is 1. The molecule has 1 aliphatic rings. The summed E-state index contributed by atoms with van der Waals surface area (Å²) in [6.07, 6.45) is 1.60. The van der Waals surface area contributed by atoms with E-state index < -0.39 is 11.3 Å². The first kappa shape index (κ1) is 23.2. The summed E-state index contributed by atoms with van der Waals surface area (Å²) in [4.78, 5) is 40.8. The molecule has 3 heterocycles. The van der Waals surface area contributed by atoms with Crippen molar-refractivity contribution in [2.75, 3.05) is 5.32 Å². The smallest absolute Gasteiger partial charge is 0.265 e. The highest BCUT2D eigenvalue weighted by molar-refractivity contribution is 8.01. The Labute approximate surface area is 214 Å². The third-order valence-electron chi connectivity index (χ3n) is 5.43. The predicted molar refractivity (Wildman–Crippen MR) is 139 cm³/mol. The number of hydrogen-bond acceptors (Lipinski definition) is 6. The van der Waals surface area contributed by atoms with Gasteiger partial charge >= 0.3 is 0 Å². The highest BCUT2D eigenvalue weighted by atomic mass is 35.5. The third-order valence-corrected chi connectivity index (χ3v) is 7.83. The quantitative estimate of drug-likeness (QED) is 0.298. The fourth-order valence-corrected chi connectivity index (χ4v) is 5.67. The summed E-state index contributed by atoms with van der Waals surface area (Å²) in [5.74, 6) is -0.705. The van der Waals surface area contributed by atoms with Crippen LogP contribution in [0.4, 0.5) is 11.4 Å². The lowest BCUT2D eigenvalue weighted by Crippen LogP contribution is -2.39. The van der Waals surface area contributed by atoms with Gasteiger partial charge in [0.15, 0.2) is 5.25 Å². The molecule has 176 valence electrons. The van der Waals surface area contributed by atoms with Gasteiger partial charge in [-0.05, 0) is 58.3 Å². The van der Waals surface area contributed by atoms with Gasteiger partial charge in [0.2, 0.25) is 5.56 Å². The van der Waals surface area contributed by atoms with Crippen LogP contribution in [0.25, 0.3) is 0 Å². The van der Waals surface area contributed by atoms with E-state index in [9.17, 15) is 14.4 Å². The number of thiophene rings is 1. The Balaban J connectivity index is 1.40. The number of nitrogens with zero attached hydrogens (tertiary/aromatic N) is 1. The fraction of sp³-hybridized carbons (Fsp3) is 0.0800. The molecular formula is C25H19ClN4O3S2. The predicted octanol–water partition coefficient (Wildman–Crippen LogP) is 4.96. The molecule has 35 heavy (non-hydrogen) atoms. The van der Waals surface area contributed by atoms with Gasteiger partial charge in [0, 0.05) is 22.8 Å². The molecule has 0 bridgehead atoms. The van der Waals surface area contributed by atoms with E-state index in [1.807, 2.05) is 47.2 Å². The van der Waals surface area contributed by atoms with Crippen LogP contribution in [0.2, 0.25) is 5.02 Å². The van der Waals surface area contributed by atoms with Gasteiger partial charge in [-0.25, -0.2) is 5.01 Å². The van der Waals surface area contributed by atoms with E-state index in [1.165, 1.54) is 22.4 Å². The van der Waals surface area contributed by atoms with Crippen LogP contribution in [-0.2, 0) is 9.59 Å². The number of aromatic nitrogens is 1. The maximum Gasteiger partial charge on any atom is 0.265 e. The van der Waals surface area contributed by atoms with Crippen LogP contribution in [0.5, 0.6) is 0 Å². The van der Waals surface area contributed by atoms with Crippen molar-refractivity contribution in [3.05, 3.63) is 110 Å². The number of amides is 2. The Morgan fingerprint density at radius 3 is 2.40 bits per heavy atom. The molecule has 1 aliphatic heterocycles. The monoisotopic (exact) mass is 522 g/mol. The number of hydrazine groups is 1. The number of anilines is 2. The van der Waals surface area contributed by atoms with Crippen LogP contribution in [-0.4, -0.2) is 27.1 Å². The SMILES string of the molecule is O=C1NN(C(c2ccc(Nc3ccc(=O)[nH]c3)cc2)c2ccsc2)C(=O)C1Sc1ccccc1Cl. The highest BCUT2D eigenvalue weighted by Gasteiger charge is 2.44. The fourth-order valence-electron chi connectivity index (χ4n) is 3.76. The molecule has 2 unspecified atom stereocenters. The number of nitrogens with one attached hydrogen (secondary N) is 3. The van der Waals surface area contributed by atoms with Crippen molar-refractivity contribution >= 4 is 57.9 Å². The minimum absolute atomic E-state index is 0.173. The summed E-state index contributed by atoms with van der Waals surface area (Å²) in [5.41, 5.74) is 5.90. The number of thioether (sulfide) groups is 1.